The lowest BCUT2D eigenvalue weighted by Gasteiger charge is -2.36. The third-order valence-corrected chi connectivity index (χ3v) is 8.64. The maximum Gasteiger partial charge on any atom is 0.286 e. The number of carbonyl (C=O) groups excluding carboxylic acids is 1. The summed E-state index contributed by atoms with van der Waals surface area (Å²) in [6, 6.07) is 4.10. The topological polar surface area (TPSA) is 142 Å². The molecule has 2 bridgehead atoms. The number of rotatable bonds is 3. The number of fused-ring (bicyclic) bond motifs is 6. The number of aliphatic hydroxyl groups is 1. The van der Waals surface area contributed by atoms with Gasteiger partial charge in [-0.25, -0.2) is 8.42 Å². The Kier molecular flexibility index (Phi) is 4.11. The molecule has 0 saturated heterocycles. The van der Waals surface area contributed by atoms with Crippen LogP contribution in [0.2, 0.25) is 0 Å². The van der Waals surface area contributed by atoms with Gasteiger partial charge in [-0.15, -0.1) is 4.40 Å². The van der Waals surface area contributed by atoms with Gasteiger partial charge in [0, 0.05) is 18.2 Å². The normalized spacial score (nSPS) is 31.5. The molecule has 1 aromatic rings. The molecule has 2 unspecified atom stereocenters. The van der Waals surface area contributed by atoms with Crippen LogP contribution in [-0.2, 0) is 30.4 Å². The Morgan fingerprint density at radius 1 is 1.23 bits per heavy atom. The summed E-state index contributed by atoms with van der Waals surface area (Å²) in [4.78, 5) is 12.6. The second-order valence-electron chi connectivity index (χ2n) is 8.56. The van der Waals surface area contributed by atoms with Crippen molar-refractivity contribution in [1.82, 2.24) is 5.32 Å². The highest BCUT2D eigenvalue weighted by Crippen LogP contribution is 2.52. The Labute approximate surface area is 174 Å². The molecule has 30 heavy (non-hydrogen) atoms. The number of sulfone groups is 1. The third-order valence-electron chi connectivity index (χ3n) is 6.47. The molecule has 9 nitrogen and oxygen atoms in total. The van der Waals surface area contributed by atoms with E-state index in [0.717, 1.165) is 25.5 Å². The highest BCUT2D eigenvalue weighted by atomic mass is 32.2. The first kappa shape index (κ1) is 19.6. The van der Waals surface area contributed by atoms with Crippen molar-refractivity contribution in [3.05, 3.63) is 35.1 Å². The van der Waals surface area contributed by atoms with E-state index >= 15 is 0 Å². The first-order valence-electron chi connectivity index (χ1n) is 9.70. The van der Waals surface area contributed by atoms with Crippen LogP contribution in [0.4, 0.5) is 5.69 Å². The predicted molar refractivity (Wildman–Crippen MR) is 109 cm³/mol. The fourth-order valence-electron chi connectivity index (χ4n) is 5.33. The molecular formula is C19H21N3O6S2. The molecule has 4 aliphatic rings. The second kappa shape index (κ2) is 6.30. The van der Waals surface area contributed by atoms with Gasteiger partial charge in [0.15, 0.2) is 15.7 Å². The van der Waals surface area contributed by atoms with Crippen LogP contribution < -0.4 is 10.6 Å². The smallest absolute Gasteiger partial charge is 0.286 e. The molecule has 2 aliphatic heterocycles. The molecule has 3 N–H and O–H groups in total. The molecule has 160 valence electrons. The molecule has 2 saturated carbocycles. The summed E-state index contributed by atoms with van der Waals surface area (Å²) in [5.74, 6) is -0.771. The van der Waals surface area contributed by atoms with Crippen molar-refractivity contribution in [2.75, 3.05) is 11.6 Å². The predicted octanol–water partition coefficient (Wildman–Crippen LogP) is 1.10. The molecule has 1 aromatic carbocycles. The van der Waals surface area contributed by atoms with E-state index in [1.54, 1.807) is 0 Å². The third kappa shape index (κ3) is 3.02. The molecule has 0 spiro atoms. The highest BCUT2D eigenvalue weighted by Gasteiger charge is 2.54. The quantitative estimate of drug-likeness (QED) is 0.625. The van der Waals surface area contributed by atoms with Crippen LogP contribution in [0.3, 0.4) is 0 Å². The van der Waals surface area contributed by atoms with Crippen molar-refractivity contribution in [1.29, 1.82) is 0 Å². The largest absolute Gasteiger partial charge is 0.511 e. The molecule has 1 amide bonds. The van der Waals surface area contributed by atoms with Crippen LogP contribution in [-0.4, -0.2) is 46.0 Å². The van der Waals surface area contributed by atoms with Crippen LogP contribution in [0.15, 0.2) is 38.8 Å². The van der Waals surface area contributed by atoms with Gasteiger partial charge in [-0.2, -0.15) is 8.42 Å². The zero-order chi connectivity index (χ0) is 21.4. The number of aliphatic hydroxyl groups excluding tert-OH is 1. The minimum atomic E-state index is -4.19. The van der Waals surface area contributed by atoms with Crippen LogP contribution in [0, 0.1) is 17.8 Å². The Morgan fingerprint density at radius 3 is 2.70 bits per heavy atom. The minimum Gasteiger partial charge on any atom is -0.511 e. The zero-order valence-electron chi connectivity index (χ0n) is 16.1. The molecule has 0 aromatic heterocycles. The Bertz CT molecular complexity index is 1250. The van der Waals surface area contributed by atoms with E-state index in [9.17, 15) is 26.7 Å². The number of carbonyl (C=O) groups is 1. The summed E-state index contributed by atoms with van der Waals surface area (Å²) < 4.78 is 52.4. The van der Waals surface area contributed by atoms with Gasteiger partial charge in [-0.3, -0.25) is 4.79 Å². The number of amidine groups is 1. The van der Waals surface area contributed by atoms with Crippen LogP contribution >= 0.6 is 0 Å². The maximum atomic E-state index is 12.8. The molecule has 4 atom stereocenters. The summed E-state index contributed by atoms with van der Waals surface area (Å²) in [6.45, 7) is 0. The van der Waals surface area contributed by atoms with Crippen molar-refractivity contribution >= 4 is 37.3 Å². The van der Waals surface area contributed by atoms with Gasteiger partial charge >= 0.3 is 0 Å². The van der Waals surface area contributed by atoms with Crippen LogP contribution in [0.25, 0.3) is 0 Å². The van der Waals surface area contributed by atoms with E-state index in [0.29, 0.717) is 11.5 Å². The molecule has 2 fully saturated rings. The van der Waals surface area contributed by atoms with E-state index in [2.05, 4.69) is 15.0 Å². The van der Waals surface area contributed by atoms with Crippen LogP contribution in [0.5, 0.6) is 0 Å². The number of anilines is 1. The highest BCUT2D eigenvalue weighted by molar-refractivity contribution is 7.90. The van der Waals surface area contributed by atoms with Gasteiger partial charge in [0.05, 0.1) is 11.4 Å². The standard InChI is InChI=1S/C19H21N3O6S2/c1-29(25,26)8-9-2-5-12-13(6-9)30(27,28)22-18(20-12)15-17(23)14-10-3-4-11(7-10)16(14)21-19(15)24/h2,5-6,10-11,14,16,23H,3-4,7-8H2,1H3,(H,20,22)(H,21,24)/t10-,11+,14?,16?/m0/s1. The maximum absolute atomic E-state index is 12.8. The number of amides is 1. The molecule has 2 aliphatic carbocycles. The number of hydrogen-bond donors (Lipinski definition) is 3. The number of nitrogens with zero attached hydrogens (tertiary/aromatic N) is 1. The van der Waals surface area contributed by atoms with Gasteiger partial charge in [0.25, 0.3) is 15.9 Å². The lowest BCUT2D eigenvalue weighted by molar-refractivity contribution is -0.119. The van der Waals surface area contributed by atoms with Gasteiger partial charge in [0.1, 0.15) is 16.2 Å². The number of nitrogens with one attached hydrogen (secondary N) is 2. The molecule has 2 heterocycles. The average molecular weight is 452 g/mol. The first-order valence-corrected chi connectivity index (χ1v) is 13.2. The average Bonchev–Trinajstić information content (AvgIpc) is 3.22. The lowest BCUT2D eigenvalue weighted by Crippen LogP contribution is -2.51. The summed E-state index contributed by atoms with van der Waals surface area (Å²) >= 11 is 0. The number of sulfonamides is 1. The summed E-state index contributed by atoms with van der Waals surface area (Å²) in [6.07, 6.45) is 4.00. The van der Waals surface area contributed by atoms with Gasteiger partial charge in [-0.05, 0) is 48.8 Å². The lowest BCUT2D eigenvalue weighted by atomic mass is 9.79. The van der Waals surface area contributed by atoms with E-state index < -0.39 is 25.8 Å². The van der Waals surface area contributed by atoms with Crippen molar-refractivity contribution in [3.63, 3.8) is 0 Å². The van der Waals surface area contributed by atoms with Gasteiger partial charge in [-0.1, -0.05) is 6.07 Å². The van der Waals surface area contributed by atoms with E-state index in [1.165, 1.54) is 18.2 Å². The van der Waals surface area contributed by atoms with E-state index in [4.69, 9.17) is 0 Å². The number of hydrogen-bond acceptors (Lipinski definition) is 7. The Hall–Kier alpha value is -2.40. The summed E-state index contributed by atoms with van der Waals surface area (Å²) in [5, 5.41) is 16.7. The Morgan fingerprint density at radius 2 is 1.97 bits per heavy atom. The number of benzene rings is 1. The SMILES string of the molecule is CS(=O)(=O)Cc1ccc2c(c1)S(=O)(=O)N=C(C1=C(O)C3C(NC1=O)[C@@H]1CC[C@H]3C1)N2. The summed E-state index contributed by atoms with van der Waals surface area (Å²) in [5.41, 5.74) is 0.362. The summed E-state index contributed by atoms with van der Waals surface area (Å²) in [7, 11) is -7.53. The van der Waals surface area contributed by atoms with Crippen molar-refractivity contribution in [2.45, 2.75) is 36.0 Å². The van der Waals surface area contributed by atoms with Crippen molar-refractivity contribution in [3.8, 4) is 0 Å². The second-order valence-corrected chi connectivity index (χ2v) is 12.3. The fraction of sp³-hybridized carbons (Fsp3) is 0.474. The van der Waals surface area contributed by atoms with Crippen LogP contribution in [0.1, 0.15) is 24.8 Å². The van der Waals surface area contributed by atoms with Crippen molar-refractivity contribution in [2.24, 2.45) is 22.2 Å². The molecule has 0 radical (unpaired) electrons. The monoisotopic (exact) mass is 451 g/mol. The van der Waals surface area contributed by atoms with Gasteiger partial charge < -0.3 is 15.7 Å². The fourth-order valence-corrected chi connectivity index (χ4v) is 7.29. The zero-order valence-corrected chi connectivity index (χ0v) is 17.8. The van der Waals surface area contributed by atoms with E-state index in [-0.39, 0.29) is 51.4 Å². The molecular weight excluding hydrogens is 430 g/mol. The Balaban J connectivity index is 1.55. The molecule has 5 rings (SSSR count). The van der Waals surface area contributed by atoms with Crippen molar-refractivity contribution < 1.29 is 26.7 Å². The van der Waals surface area contributed by atoms with Gasteiger partial charge in [0.2, 0.25) is 0 Å². The van der Waals surface area contributed by atoms with E-state index in [1.807, 2.05) is 0 Å². The first-order chi connectivity index (χ1) is 14.0. The minimum absolute atomic E-state index is 0.102. The molecule has 11 heteroatoms.